The molecule has 9 nitrogen and oxygen atoms in total. The number of aromatic nitrogens is 2. The van der Waals surface area contributed by atoms with Gasteiger partial charge in [0, 0.05) is 6.42 Å². The maximum absolute atomic E-state index is 12.7. The molecule has 1 aliphatic rings. The normalized spacial score (nSPS) is 21.0. The summed E-state index contributed by atoms with van der Waals surface area (Å²) >= 11 is 5.78. The van der Waals surface area contributed by atoms with Gasteiger partial charge in [-0.05, 0) is 74.7 Å². The average molecular weight is 587 g/mol. The number of ether oxygens (including phenoxy) is 2. The summed E-state index contributed by atoms with van der Waals surface area (Å²) in [5.74, 6) is -1.60. The Bertz CT molecular complexity index is 998. The summed E-state index contributed by atoms with van der Waals surface area (Å²) in [6.07, 6.45) is 2.19. The Morgan fingerprint density at radius 2 is 1.71 bits per heavy atom. The summed E-state index contributed by atoms with van der Waals surface area (Å²) in [5, 5.41) is 9.92. The molecular formula is C26H46N2O7SSi2. The first kappa shape index (κ1) is 32.3. The molecule has 1 aliphatic carbocycles. The number of carbonyl (C=O) groups is 2. The van der Waals surface area contributed by atoms with Gasteiger partial charge in [-0.1, -0.05) is 41.5 Å². The first-order valence-corrected chi connectivity index (χ1v) is 19.5. The zero-order valence-electron chi connectivity index (χ0n) is 24.9. The zero-order chi connectivity index (χ0) is 29.3. The van der Waals surface area contributed by atoms with Gasteiger partial charge in [0.05, 0.1) is 6.61 Å². The van der Waals surface area contributed by atoms with Crippen molar-refractivity contribution in [3.8, 4) is 5.88 Å². The molecule has 1 fully saturated rings. The van der Waals surface area contributed by atoms with E-state index in [1.165, 1.54) is 0 Å². The van der Waals surface area contributed by atoms with E-state index in [4.69, 9.17) is 30.6 Å². The van der Waals surface area contributed by atoms with Gasteiger partial charge < -0.3 is 23.5 Å². The summed E-state index contributed by atoms with van der Waals surface area (Å²) in [6, 6.07) is 0. The molecule has 1 saturated carbocycles. The Morgan fingerprint density at radius 3 is 2.21 bits per heavy atom. The molecule has 12 heteroatoms. The summed E-state index contributed by atoms with van der Waals surface area (Å²) in [5.41, 5.74) is -1.26. The second kappa shape index (κ2) is 11.3. The fourth-order valence-corrected chi connectivity index (χ4v) is 5.84. The molecule has 38 heavy (non-hydrogen) atoms. The van der Waals surface area contributed by atoms with Crippen LogP contribution in [0.1, 0.15) is 79.8 Å². The minimum atomic E-state index is -2.29. The van der Waals surface area contributed by atoms with Crippen molar-refractivity contribution in [3.63, 3.8) is 0 Å². The zero-order valence-corrected chi connectivity index (χ0v) is 27.7. The molecule has 1 N–H and O–H groups in total. The standard InChI is InChI=1S/C26H46N2O7SSi2/c1-12-32-23(31)26(22(29)30)15-13-14-18(16-26)33-21(36)19-20(34-37(8,9)24(2,3)4)27-17-28(19)35-38(10,11)25(5,6)7/h17-18H,12-16H2,1-11H3,(H,29,30)/t18-,26?/m1/s1. The lowest BCUT2D eigenvalue weighted by atomic mass is 9.73. The maximum Gasteiger partial charge on any atom is 0.323 e. The Labute approximate surface area is 234 Å². The van der Waals surface area contributed by atoms with E-state index in [0.717, 1.165) is 0 Å². The summed E-state index contributed by atoms with van der Waals surface area (Å²) < 4.78 is 26.0. The Balaban J connectivity index is 2.46. The summed E-state index contributed by atoms with van der Waals surface area (Å²) in [6.45, 7) is 23.1. The lowest BCUT2D eigenvalue weighted by molar-refractivity contribution is -0.173. The fraction of sp³-hybridized carbons (Fsp3) is 0.769. The number of carboxylic acids is 1. The number of carboxylic acid groups (broad SMARTS) is 1. The van der Waals surface area contributed by atoms with Crippen molar-refractivity contribution >= 4 is 45.8 Å². The van der Waals surface area contributed by atoms with Crippen LogP contribution in [-0.4, -0.2) is 61.2 Å². The molecule has 2 atom stereocenters. The van der Waals surface area contributed by atoms with E-state index in [1.807, 2.05) is 0 Å². The van der Waals surface area contributed by atoms with Gasteiger partial charge in [-0.15, -0.1) is 0 Å². The third-order valence-corrected chi connectivity index (χ3v) is 17.1. The van der Waals surface area contributed by atoms with Crippen molar-refractivity contribution in [1.82, 2.24) is 9.71 Å². The molecule has 2 rings (SSSR count). The van der Waals surface area contributed by atoms with Gasteiger partial charge in [0.1, 0.15) is 12.4 Å². The van der Waals surface area contributed by atoms with Crippen molar-refractivity contribution in [1.29, 1.82) is 0 Å². The third kappa shape index (κ3) is 6.79. The smallest absolute Gasteiger partial charge is 0.323 e. The molecule has 0 spiro atoms. The molecule has 0 amide bonds. The van der Waals surface area contributed by atoms with E-state index < -0.39 is 40.1 Å². The molecule has 0 saturated heterocycles. The number of hydrogen-bond donors (Lipinski definition) is 1. The van der Waals surface area contributed by atoms with Gasteiger partial charge in [-0.25, -0.2) is 0 Å². The number of rotatable bonds is 9. The highest BCUT2D eigenvalue weighted by atomic mass is 32.1. The Kier molecular flexibility index (Phi) is 9.59. The van der Waals surface area contributed by atoms with Crippen LogP contribution in [-0.2, 0) is 19.1 Å². The van der Waals surface area contributed by atoms with Crippen molar-refractivity contribution in [2.45, 2.75) is 117 Å². The molecule has 0 aliphatic heterocycles. The van der Waals surface area contributed by atoms with Gasteiger partial charge in [0.25, 0.3) is 16.6 Å². The van der Waals surface area contributed by atoms with E-state index >= 15 is 0 Å². The van der Waals surface area contributed by atoms with E-state index in [-0.39, 0.29) is 34.6 Å². The SMILES string of the molecule is CCOC(=O)C1(C(=O)O)CCC[C@@H](OC(=S)c2c(O[Si](C)(C)C(C)(C)C)ncn2O[Si](C)(C)C(C)(C)C)C1. The molecule has 0 bridgehead atoms. The van der Waals surface area contributed by atoms with Crippen molar-refractivity contribution in [2.75, 3.05) is 6.61 Å². The number of thiocarbonyl (C=S) groups is 1. The summed E-state index contributed by atoms with van der Waals surface area (Å²) in [7, 11) is -4.59. The largest absolute Gasteiger partial charge is 0.529 e. The van der Waals surface area contributed by atoms with Crippen LogP contribution in [0.5, 0.6) is 5.88 Å². The van der Waals surface area contributed by atoms with Crippen molar-refractivity contribution in [2.24, 2.45) is 5.41 Å². The monoisotopic (exact) mass is 586 g/mol. The first-order chi connectivity index (χ1) is 17.2. The lowest BCUT2D eigenvalue weighted by Crippen LogP contribution is -2.49. The number of nitrogens with zero attached hydrogens (tertiary/aromatic N) is 2. The van der Waals surface area contributed by atoms with Crippen LogP contribution in [0.25, 0.3) is 0 Å². The quantitative estimate of drug-likeness (QED) is 0.162. The minimum Gasteiger partial charge on any atom is -0.529 e. The highest BCUT2D eigenvalue weighted by Crippen LogP contribution is 2.41. The van der Waals surface area contributed by atoms with Crippen molar-refractivity contribution in [3.05, 3.63) is 12.0 Å². The topological polar surface area (TPSA) is 109 Å². The second-order valence-electron chi connectivity index (χ2n) is 13.2. The van der Waals surface area contributed by atoms with E-state index in [2.05, 4.69) is 72.7 Å². The van der Waals surface area contributed by atoms with Crippen LogP contribution in [0.4, 0.5) is 0 Å². The molecule has 216 valence electrons. The molecule has 1 aromatic heterocycles. The van der Waals surface area contributed by atoms with E-state index in [0.29, 0.717) is 24.4 Å². The highest BCUT2D eigenvalue weighted by Gasteiger charge is 2.52. The highest BCUT2D eigenvalue weighted by molar-refractivity contribution is 7.80. The molecule has 1 heterocycles. The minimum absolute atomic E-state index is 0.0308. The number of aliphatic carboxylic acids is 1. The van der Waals surface area contributed by atoms with Crippen LogP contribution in [0.2, 0.25) is 36.3 Å². The second-order valence-corrected chi connectivity index (χ2v) is 23.0. The van der Waals surface area contributed by atoms with Crippen LogP contribution < -0.4 is 8.95 Å². The van der Waals surface area contributed by atoms with Crippen molar-refractivity contribution < 1.29 is 33.1 Å². The Morgan fingerprint density at radius 1 is 1.13 bits per heavy atom. The fourth-order valence-electron chi connectivity index (χ4n) is 3.69. The molecule has 0 radical (unpaired) electrons. The van der Waals surface area contributed by atoms with E-state index in [1.54, 1.807) is 18.0 Å². The average Bonchev–Trinajstić information content (AvgIpc) is 3.12. The predicted octanol–water partition coefficient (Wildman–Crippen LogP) is 5.97. The van der Waals surface area contributed by atoms with Crippen LogP contribution in [0.15, 0.2) is 6.33 Å². The van der Waals surface area contributed by atoms with Gasteiger partial charge in [0.2, 0.25) is 10.9 Å². The number of carbonyl (C=O) groups excluding carboxylic acids is 1. The molecular weight excluding hydrogens is 541 g/mol. The maximum atomic E-state index is 12.7. The number of hydrogen-bond acceptors (Lipinski definition) is 8. The predicted molar refractivity (Wildman–Crippen MR) is 156 cm³/mol. The first-order valence-electron chi connectivity index (χ1n) is 13.3. The number of imidazole rings is 1. The lowest BCUT2D eigenvalue weighted by Gasteiger charge is -2.38. The molecule has 1 aromatic rings. The van der Waals surface area contributed by atoms with Crippen LogP contribution >= 0.6 is 12.2 Å². The Hall–Kier alpha value is -1.93. The van der Waals surface area contributed by atoms with E-state index in [9.17, 15) is 14.7 Å². The molecule has 1 unspecified atom stereocenters. The van der Waals surface area contributed by atoms with Crippen LogP contribution in [0, 0.1) is 5.41 Å². The van der Waals surface area contributed by atoms with Gasteiger partial charge in [-0.3, -0.25) is 9.59 Å². The van der Waals surface area contributed by atoms with Gasteiger partial charge in [-0.2, -0.15) is 9.71 Å². The number of esters is 1. The van der Waals surface area contributed by atoms with Gasteiger partial charge >= 0.3 is 11.9 Å². The van der Waals surface area contributed by atoms with Crippen LogP contribution in [0.3, 0.4) is 0 Å². The molecule has 0 aromatic carbocycles. The summed E-state index contributed by atoms with van der Waals surface area (Å²) in [4.78, 5) is 29.5. The van der Waals surface area contributed by atoms with Gasteiger partial charge in [0.15, 0.2) is 11.1 Å². The third-order valence-electron chi connectivity index (χ3n) is 8.24.